The topological polar surface area (TPSA) is 222 Å². The van der Waals surface area contributed by atoms with E-state index in [-0.39, 0.29) is 43.0 Å². The van der Waals surface area contributed by atoms with Crippen LogP contribution in [-0.2, 0) is 25.7 Å². The van der Waals surface area contributed by atoms with Crippen molar-refractivity contribution in [2.75, 3.05) is 43.6 Å². The van der Waals surface area contributed by atoms with Gasteiger partial charge in [0.1, 0.15) is 42.5 Å². The van der Waals surface area contributed by atoms with Crippen molar-refractivity contribution in [3.63, 3.8) is 0 Å². The van der Waals surface area contributed by atoms with Gasteiger partial charge < -0.3 is 40.5 Å². The van der Waals surface area contributed by atoms with Gasteiger partial charge in [0.05, 0.1) is 46.8 Å². The van der Waals surface area contributed by atoms with Gasteiger partial charge in [0, 0.05) is 37.8 Å². The number of thiazole rings is 1. The molecule has 3 atom stereocenters. The molecule has 18 nitrogen and oxygen atoms in total. The zero-order valence-electron chi connectivity index (χ0n) is 41.4. The Morgan fingerprint density at radius 2 is 1.77 bits per heavy atom. The fraction of sp³-hybridized carbons (Fsp3) is 0.481. The zero-order valence-corrected chi connectivity index (χ0v) is 42.2. The van der Waals surface area contributed by atoms with Crippen LogP contribution in [0.3, 0.4) is 0 Å². The van der Waals surface area contributed by atoms with Crippen LogP contribution >= 0.6 is 11.3 Å². The molecule has 1 saturated heterocycles. The Morgan fingerprint density at radius 3 is 2.48 bits per heavy atom. The standard InChI is InChI=1S/C52H64N12O6S/c1-7-39-44-38(26-53)57-30-63(44)41-28-56-51(61-47(41)64(39)36-13-8-9-14-36)59-37-21-20-35(25-42(37)69-6)48(66)54-22-10-11-24-70-29-43(65)60-46(52(3,4)5)50(68)62-23-12-15-40(62)49(67)55-27-33-16-18-34(19-17-33)45-32(2)58-31-71-45/h16-21,25,28,30-31,36,39-40,46H,7-15,22-24,27,29H2,1-6H3,(H,54,66)(H,55,67)(H,60,65)(H,56,59,61)/t39-,40+,46-/m1/s1. The minimum atomic E-state index is -0.862. The molecule has 4 amide bonds. The average Bonchev–Trinajstić information content (AvgIpc) is 4.22. The zero-order chi connectivity index (χ0) is 50.2. The van der Waals surface area contributed by atoms with E-state index >= 15 is 0 Å². The number of nitriles is 1. The summed E-state index contributed by atoms with van der Waals surface area (Å²) < 4.78 is 13.3. The molecule has 1 aliphatic carbocycles. The number of rotatable bonds is 19. The summed E-state index contributed by atoms with van der Waals surface area (Å²) in [6.07, 6.45) is 11.0. The molecule has 3 aliphatic rings. The van der Waals surface area contributed by atoms with E-state index in [2.05, 4.69) is 54.1 Å². The van der Waals surface area contributed by atoms with Crippen LogP contribution < -0.4 is 30.9 Å². The van der Waals surface area contributed by atoms with Crippen molar-refractivity contribution in [3.8, 4) is 27.9 Å². The molecule has 5 aromatic rings. The molecule has 71 heavy (non-hydrogen) atoms. The first-order valence-corrected chi connectivity index (χ1v) is 25.5. The summed E-state index contributed by atoms with van der Waals surface area (Å²) in [5.41, 5.74) is 7.28. The van der Waals surface area contributed by atoms with Crippen LogP contribution in [0.2, 0.25) is 0 Å². The number of likely N-dealkylation sites (tertiary alicyclic amines) is 1. The van der Waals surface area contributed by atoms with Crippen molar-refractivity contribution in [1.29, 1.82) is 5.26 Å². The van der Waals surface area contributed by atoms with Crippen molar-refractivity contribution in [2.45, 2.75) is 123 Å². The lowest BCUT2D eigenvalue weighted by atomic mass is 9.85. The number of unbranched alkanes of at least 4 members (excludes halogenated alkanes) is 1. The SMILES string of the molecule is CC[C@@H]1c2c(C#N)ncn2-c2cnc(Nc3ccc(C(=O)NCCCCOCC(=O)N[C@H](C(=O)N4CCC[C@H]4C(=O)NCc4ccc(-c5scnc5C)cc4)C(C)(C)C)cc3OC)nc2N1C1CCCC1. The summed E-state index contributed by atoms with van der Waals surface area (Å²) in [5.74, 6) is 0.396. The summed E-state index contributed by atoms with van der Waals surface area (Å²) in [6, 6.07) is 14.2. The van der Waals surface area contributed by atoms with E-state index in [1.807, 2.05) is 62.0 Å². The number of ether oxygens (including phenoxy) is 2. The van der Waals surface area contributed by atoms with Gasteiger partial charge in [-0.15, -0.1) is 11.3 Å². The van der Waals surface area contributed by atoms with Gasteiger partial charge in [-0.3, -0.25) is 23.7 Å². The van der Waals surface area contributed by atoms with Gasteiger partial charge in [-0.2, -0.15) is 10.2 Å². The fourth-order valence-electron chi connectivity index (χ4n) is 9.85. The molecule has 4 N–H and O–H groups in total. The maximum absolute atomic E-state index is 14.0. The lowest BCUT2D eigenvalue weighted by Gasteiger charge is -2.41. The second kappa shape index (κ2) is 22.4. The summed E-state index contributed by atoms with van der Waals surface area (Å²) in [7, 11) is 1.54. The first-order valence-electron chi connectivity index (χ1n) is 24.6. The van der Waals surface area contributed by atoms with Crippen molar-refractivity contribution in [3.05, 3.63) is 88.7 Å². The average molecular weight is 985 g/mol. The molecule has 0 spiro atoms. The summed E-state index contributed by atoms with van der Waals surface area (Å²) >= 11 is 1.59. The van der Waals surface area contributed by atoms with E-state index in [9.17, 15) is 24.4 Å². The number of fused-ring (bicyclic) bond motifs is 3. The quantitative estimate of drug-likeness (QED) is 0.0598. The lowest BCUT2D eigenvalue weighted by molar-refractivity contribution is -0.144. The Hall–Kier alpha value is -6.91. The van der Waals surface area contributed by atoms with Gasteiger partial charge in [-0.05, 0) is 86.6 Å². The number of hydrogen-bond acceptors (Lipinski definition) is 14. The molecule has 5 heterocycles. The molecule has 19 heteroatoms. The molecule has 2 aromatic carbocycles. The fourth-order valence-corrected chi connectivity index (χ4v) is 10.7. The summed E-state index contributed by atoms with van der Waals surface area (Å²) in [6.45, 7) is 10.9. The van der Waals surface area contributed by atoms with Crippen LogP contribution in [0.15, 0.2) is 60.5 Å². The number of aromatic nitrogens is 5. The van der Waals surface area contributed by atoms with Crippen LogP contribution in [0.25, 0.3) is 16.1 Å². The Morgan fingerprint density at radius 1 is 0.986 bits per heavy atom. The summed E-state index contributed by atoms with van der Waals surface area (Å²) in [4.78, 5) is 77.3. The van der Waals surface area contributed by atoms with Crippen molar-refractivity contribution in [1.82, 2.24) is 45.4 Å². The number of nitrogens with one attached hydrogen (secondary N) is 4. The van der Waals surface area contributed by atoms with Gasteiger partial charge in [0.2, 0.25) is 23.7 Å². The number of carbonyl (C=O) groups is 4. The van der Waals surface area contributed by atoms with Crippen molar-refractivity contribution in [2.24, 2.45) is 5.41 Å². The number of hydrogen-bond donors (Lipinski definition) is 4. The molecule has 3 aromatic heterocycles. The van der Waals surface area contributed by atoms with E-state index in [4.69, 9.17) is 14.5 Å². The molecule has 0 unspecified atom stereocenters. The Balaban J connectivity index is 0.780. The van der Waals surface area contributed by atoms with Gasteiger partial charge in [0.15, 0.2) is 11.5 Å². The first kappa shape index (κ1) is 50.5. The third kappa shape index (κ3) is 11.3. The maximum atomic E-state index is 14.0. The molecular formula is C52H64N12O6S. The van der Waals surface area contributed by atoms with Crippen molar-refractivity contribution < 1.29 is 28.7 Å². The van der Waals surface area contributed by atoms with Crippen LogP contribution in [0.5, 0.6) is 5.75 Å². The highest BCUT2D eigenvalue weighted by molar-refractivity contribution is 7.13. The molecule has 8 rings (SSSR count). The number of anilines is 3. The number of benzene rings is 2. The third-order valence-electron chi connectivity index (χ3n) is 13.6. The molecule has 2 aliphatic heterocycles. The molecule has 1 saturated carbocycles. The minimum Gasteiger partial charge on any atom is -0.495 e. The van der Waals surface area contributed by atoms with Gasteiger partial charge in [0.25, 0.3) is 5.91 Å². The number of aryl methyl sites for hydroxylation is 1. The van der Waals surface area contributed by atoms with Crippen LogP contribution in [-0.4, -0.2) is 105 Å². The molecule has 2 fully saturated rings. The minimum absolute atomic E-state index is 0.0544. The summed E-state index contributed by atoms with van der Waals surface area (Å²) in [5, 5.41) is 22.0. The largest absolute Gasteiger partial charge is 0.495 e. The third-order valence-corrected chi connectivity index (χ3v) is 14.5. The Kier molecular flexibility index (Phi) is 16.0. The smallest absolute Gasteiger partial charge is 0.251 e. The first-order chi connectivity index (χ1) is 34.3. The Labute approximate surface area is 419 Å². The monoisotopic (exact) mass is 984 g/mol. The van der Waals surface area contributed by atoms with Crippen molar-refractivity contribution >= 4 is 52.4 Å². The van der Waals surface area contributed by atoms with Crippen LogP contribution in [0, 0.1) is 23.7 Å². The van der Waals surface area contributed by atoms with E-state index in [1.54, 1.807) is 47.0 Å². The van der Waals surface area contributed by atoms with Crippen LogP contribution in [0.1, 0.15) is 125 Å². The number of nitrogens with zero attached hydrogens (tertiary/aromatic N) is 8. The van der Waals surface area contributed by atoms with E-state index in [0.717, 1.165) is 71.0 Å². The number of imidazole rings is 1. The maximum Gasteiger partial charge on any atom is 0.251 e. The van der Waals surface area contributed by atoms with Crippen LogP contribution in [0.4, 0.5) is 17.5 Å². The normalized spacial score (nSPS) is 17.0. The molecule has 374 valence electrons. The van der Waals surface area contributed by atoms with Gasteiger partial charge >= 0.3 is 0 Å². The molecular weight excluding hydrogens is 921 g/mol. The van der Waals surface area contributed by atoms with E-state index < -0.39 is 23.4 Å². The highest BCUT2D eigenvalue weighted by Crippen LogP contribution is 2.45. The predicted molar refractivity (Wildman–Crippen MR) is 271 cm³/mol. The second-order valence-electron chi connectivity index (χ2n) is 19.4. The number of carbonyl (C=O) groups excluding carboxylic acids is 4. The highest BCUT2D eigenvalue weighted by Gasteiger charge is 2.42. The molecule has 0 bridgehead atoms. The highest BCUT2D eigenvalue weighted by atomic mass is 32.1. The Bertz CT molecular complexity index is 2760. The number of methoxy groups -OCH3 is 1. The molecule has 0 radical (unpaired) electrons. The van der Waals surface area contributed by atoms with E-state index in [1.165, 1.54) is 7.11 Å². The van der Waals surface area contributed by atoms with Gasteiger partial charge in [-0.1, -0.05) is 64.8 Å². The second-order valence-corrected chi connectivity index (χ2v) is 20.3. The number of amides is 4. The predicted octanol–water partition coefficient (Wildman–Crippen LogP) is 7.30. The lowest BCUT2D eigenvalue weighted by Crippen LogP contribution is -2.58. The van der Waals surface area contributed by atoms with E-state index in [0.29, 0.717) is 74.0 Å². The van der Waals surface area contributed by atoms with Gasteiger partial charge in [-0.25, -0.2) is 15.0 Å².